The average Bonchev–Trinajstić information content (AvgIpc) is 3.34. The molecule has 7 nitrogen and oxygen atoms in total. The Balaban J connectivity index is 1.61. The molecule has 0 fully saturated rings. The van der Waals surface area contributed by atoms with Crippen molar-refractivity contribution in [1.29, 1.82) is 0 Å². The molecule has 0 spiro atoms. The molecule has 0 bridgehead atoms. The number of nitrogens with one attached hydrogen (secondary N) is 1. The maximum Gasteiger partial charge on any atom is 0.294 e. The highest BCUT2D eigenvalue weighted by atomic mass is 32.2. The number of aryl methyl sites for hydroxylation is 2. The van der Waals surface area contributed by atoms with E-state index in [1.165, 1.54) is 33.6 Å². The second kappa shape index (κ2) is 8.60. The molecule has 2 aromatic heterocycles. The summed E-state index contributed by atoms with van der Waals surface area (Å²) in [6.45, 7) is 5.89. The molecule has 0 saturated carbocycles. The largest absolute Gasteiger partial charge is 0.295 e. The van der Waals surface area contributed by atoms with E-state index in [2.05, 4.69) is 36.3 Å². The highest BCUT2D eigenvalue weighted by molar-refractivity contribution is 7.85. The minimum absolute atomic E-state index is 0.177. The van der Waals surface area contributed by atoms with Crippen molar-refractivity contribution in [2.24, 2.45) is 0 Å². The number of H-pyrrole nitrogens is 1. The van der Waals surface area contributed by atoms with Gasteiger partial charge in [0.2, 0.25) is 4.70 Å². The van der Waals surface area contributed by atoms with Crippen LogP contribution in [0.1, 0.15) is 30.1 Å². The van der Waals surface area contributed by atoms with E-state index in [-0.39, 0.29) is 20.9 Å². The number of nitrogens with zero attached hydrogens (tertiary/aromatic N) is 2. The summed E-state index contributed by atoms with van der Waals surface area (Å²) in [4.78, 5) is 18.1. The van der Waals surface area contributed by atoms with E-state index in [0.717, 1.165) is 32.6 Å². The van der Waals surface area contributed by atoms with Crippen molar-refractivity contribution in [3.05, 3.63) is 87.3 Å². The monoisotopic (exact) mass is 506 g/mol. The minimum Gasteiger partial charge on any atom is -0.295 e. The van der Waals surface area contributed by atoms with Gasteiger partial charge >= 0.3 is 0 Å². The quantitative estimate of drug-likeness (QED) is 0.233. The Morgan fingerprint density at radius 3 is 2.51 bits per heavy atom. The van der Waals surface area contributed by atoms with Gasteiger partial charge in [-0.25, -0.2) is 4.68 Å². The van der Waals surface area contributed by atoms with E-state index in [4.69, 9.17) is 4.98 Å². The molecule has 35 heavy (non-hydrogen) atoms. The first-order chi connectivity index (χ1) is 16.7. The molecule has 1 atom stereocenters. The standard InChI is InChI=1S/C26H23N3O4S2/c1-4-34-22-14-9-18-7-5-6-8-21(18)25(22)27-23(34)15-16(2)24-17(3)28-29(26(24)30)19-10-12-20(13-11-19)35(31,32)33/h5-15H,4H2,1-3H3,(H-,27,28,30,31,32,33)/p+1. The van der Waals surface area contributed by atoms with Gasteiger partial charge in [0, 0.05) is 33.7 Å². The SMILES string of the molecule is CC[s+]1c(C=C(C)c2c(C)[nH]n(-c3ccc(S(=O)(=O)O)cc3)c2=O)nc2c3ccccc3ccc21. The molecule has 5 aromatic rings. The Morgan fingerprint density at radius 1 is 1.11 bits per heavy atom. The number of aromatic nitrogens is 3. The van der Waals surface area contributed by atoms with E-state index in [9.17, 15) is 17.8 Å². The fourth-order valence-corrected chi connectivity index (χ4v) is 6.91. The second-order valence-electron chi connectivity index (χ2n) is 8.31. The molecule has 0 aliphatic heterocycles. The van der Waals surface area contributed by atoms with Crippen LogP contribution in [0.2, 0.25) is 0 Å². The van der Waals surface area contributed by atoms with Gasteiger partial charge in [0.1, 0.15) is 11.3 Å². The third-order valence-corrected chi connectivity index (χ3v) is 9.11. The predicted octanol–water partition coefficient (Wildman–Crippen LogP) is 5.75. The lowest BCUT2D eigenvalue weighted by molar-refractivity contribution is 0.483. The molecule has 178 valence electrons. The highest BCUT2D eigenvalue weighted by Gasteiger charge is 2.23. The molecule has 5 rings (SSSR count). The van der Waals surface area contributed by atoms with Gasteiger partial charge in [-0.2, -0.15) is 13.4 Å². The summed E-state index contributed by atoms with van der Waals surface area (Å²) < 4.78 is 34.5. The van der Waals surface area contributed by atoms with Gasteiger partial charge in [-0.1, -0.05) is 24.3 Å². The zero-order valence-corrected chi connectivity index (χ0v) is 21.1. The molecule has 0 amide bonds. The number of rotatable bonds is 5. The molecule has 3 aromatic carbocycles. The van der Waals surface area contributed by atoms with Gasteiger partial charge in [0.05, 0.1) is 16.1 Å². The molecule has 1 unspecified atom stereocenters. The Morgan fingerprint density at radius 2 is 1.83 bits per heavy atom. The lowest BCUT2D eigenvalue weighted by Crippen LogP contribution is -2.16. The average molecular weight is 507 g/mol. The van der Waals surface area contributed by atoms with Gasteiger partial charge in [0.15, 0.2) is 0 Å². The first-order valence-electron chi connectivity index (χ1n) is 11.1. The predicted molar refractivity (Wildman–Crippen MR) is 142 cm³/mol. The summed E-state index contributed by atoms with van der Waals surface area (Å²) in [5, 5.41) is 6.32. The van der Waals surface area contributed by atoms with Crippen molar-refractivity contribution >= 4 is 53.2 Å². The maximum atomic E-state index is 13.3. The van der Waals surface area contributed by atoms with Gasteiger partial charge < -0.3 is 0 Å². The summed E-state index contributed by atoms with van der Waals surface area (Å²) in [5.41, 5.74) is 3.28. The lowest BCUT2D eigenvalue weighted by Gasteiger charge is -2.02. The maximum absolute atomic E-state index is 13.3. The molecule has 0 aliphatic rings. The number of hydrogen-bond acceptors (Lipinski definition) is 4. The Bertz CT molecular complexity index is 1790. The van der Waals surface area contributed by atoms with E-state index in [1.807, 2.05) is 32.1 Å². The molecule has 9 heteroatoms. The summed E-state index contributed by atoms with van der Waals surface area (Å²) in [6.07, 6.45) is 2.00. The van der Waals surface area contributed by atoms with Crippen molar-refractivity contribution in [1.82, 2.24) is 14.8 Å². The van der Waals surface area contributed by atoms with Crippen LogP contribution in [0.5, 0.6) is 0 Å². The van der Waals surface area contributed by atoms with E-state index in [1.54, 1.807) is 0 Å². The van der Waals surface area contributed by atoms with Crippen LogP contribution in [-0.2, 0) is 15.9 Å². The zero-order valence-electron chi connectivity index (χ0n) is 19.4. The number of allylic oxidation sites excluding steroid dienone is 1. The second-order valence-corrected chi connectivity index (χ2v) is 12.0. The van der Waals surface area contributed by atoms with Crippen molar-refractivity contribution in [2.75, 3.05) is 0 Å². The number of thiazole rings is 1. The molecule has 2 heterocycles. The molecule has 2 N–H and O–H groups in total. The Hall–Kier alpha value is -3.53. The van der Waals surface area contributed by atoms with Gasteiger partial charge in [-0.15, -0.1) is 0 Å². The van der Waals surface area contributed by atoms with Crippen LogP contribution in [0.4, 0.5) is 0 Å². The lowest BCUT2D eigenvalue weighted by atomic mass is 10.1. The fourth-order valence-electron chi connectivity index (χ4n) is 4.45. The summed E-state index contributed by atoms with van der Waals surface area (Å²) in [5.74, 6) is 0.921. The highest BCUT2D eigenvalue weighted by Crippen LogP contribution is 2.39. The van der Waals surface area contributed by atoms with Crippen LogP contribution in [0.25, 0.3) is 38.3 Å². The topological polar surface area (TPSA) is 105 Å². The number of benzene rings is 3. The van der Waals surface area contributed by atoms with E-state index < -0.39 is 10.1 Å². The summed E-state index contributed by atoms with van der Waals surface area (Å²) >= 11 is 0. The third-order valence-electron chi connectivity index (χ3n) is 6.09. The van der Waals surface area contributed by atoms with Crippen molar-refractivity contribution in [2.45, 2.75) is 31.4 Å². The van der Waals surface area contributed by atoms with Crippen molar-refractivity contribution < 1.29 is 13.0 Å². The first-order valence-corrected chi connectivity index (χ1v) is 13.9. The summed E-state index contributed by atoms with van der Waals surface area (Å²) in [6, 6.07) is 18.0. The minimum atomic E-state index is -4.31. The van der Waals surface area contributed by atoms with Crippen LogP contribution in [0, 0.1) is 6.92 Å². The zero-order chi connectivity index (χ0) is 24.9. The normalized spacial score (nSPS) is 13.1. The summed E-state index contributed by atoms with van der Waals surface area (Å²) in [7, 11) is -4.48. The van der Waals surface area contributed by atoms with Crippen molar-refractivity contribution in [3.8, 4) is 5.69 Å². The van der Waals surface area contributed by atoms with Crippen molar-refractivity contribution in [3.63, 3.8) is 0 Å². The molecule has 0 radical (unpaired) electrons. The van der Waals surface area contributed by atoms with Gasteiger partial charge in [-0.3, -0.25) is 14.4 Å². The van der Waals surface area contributed by atoms with Crippen LogP contribution in [0.3, 0.4) is 0 Å². The molecule has 0 saturated heterocycles. The van der Waals surface area contributed by atoms with Crippen LogP contribution < -0.4 is 5.56 Å². The number of aromatic amines is 1. The van der Waals surface area contributed by atoms with Gasteiger partial charge in [-0.05, 0) is 62.1 Å². The smallest absolute Gasteiger partial charge is 0.294 e. The van der Waals surface area contributed by atoms with Crippen LogP contribution in [-0.4, -0.2) is 27.7 Å². The number of fused-ring (bicyclic) bond motifs is 3. The third kappa shape index (κ3) is 4.01. The fraction of sp³-hybridized carbons (Fsp3) is 0.154. The first kappa shape index (κ1) is 23.2. The molecular weight excluding hydrogens is 482 g/mol. The molecular formula is C26H24N3O4S2+. The van der Waals surface area contributed by atoms with E-state index in [0.29, 0.717) is 16.9 Å². The molecule has 0 aliphatic carbocycles. The Labute approximate surface area is 205 Å². The van der Waals surface area contributed by atoms with Gasteiger partial charge in [0.25, 0.3) is 20.7 Å². The van der Waals surface area contributed by atoms with E-state index >= 15 is 0 Å². The number of hydrogen-bond donors (Lipinski definition) is 2. The van der Waals surface area contributed by atoms with Crippen LogP contribution >= 0.6 is 10.5 Å². The Kier molecular flexibility index (Phi) is 5.71. The van der Waals surface area contributed by atoms with Crippen LogP contribution in [0.15, 0.2) is 70.4 Å².